The van der Waals surface area contributed by atoms with Crippen LogP contribution in [-0.4, -0.2) is 0 Å². The van der Waals surface area contributed by atoms with Gasteiger partial charge >= 0.3 is 19.5 Å². The Kier molecular flexibility index (Phi) is 28.3. The summed E-state index contributed by atoms with van der Waals surface area (Å²) in [6, 6.07) is 0. The third-order valence-corrected chi connectivity index (χ3v) is 0.625. The summed E-state index contributed by atoms with van der Waals surface area (Å²) in [4.78, 5) is 0. The van der Waals surface area contributed by atoms with Crippen molar-refractivity contribution in [1.82, 2.24) is 0 Å². The Balaban J connectivity index is -0.000000180. The van der Waals surface area contributed by atoms with Gasteiger partial charge in [-0.3, -0.25) is 11.8 Å². The van der Waals surface area contributed by atoms with E-state index in [1.165, 1.54) is 0 Å². The molecule has 0 aliphatic carbocycles. The Bertz CT molecular complexity index is 417. The van der Waals surface area contributed by atoms with Crippen LogP contribution in [0.2, 0.25) is 0 Å². The van der Waals surface area contributed by atoms with Crippen molar-refractivity contribution >= 4 is 0 Å². The van der Waals surface area contributed by atoms with E-state index >= 15 is 0 Å². The van der Waals surface area contributed by atoms with Gasteiger partial charge in [0, 0.05) is 0 Å². The Hall–Kier alpha value is -2.02. The summed E-state index contributed by atoms with van der Waals surface area (Å²) in [5, 5.41) is 0. The van der Waals surface area contributed by atoms with E-state index in [1.807, 2.05) is 11.8 Å². The van der Waals surface area contributed by atoms with E-state index in [4.69, 9.17) is 12.8 Å². The molecule has 0 rings (SSSR count). The SMILES string of the molecule is [C-]#CC#CC#CC.[C-]#CC#CC#CC.[Ru+2]. The molecule has 0 aromatic rings. The number of hydrogen-bond acceptors (Lipinski definition) is 0. The van der Waals surface area contributed by atoms with Crippen molar-refractivity contribution < 1.29 is 19.5 Å². The first-order valence-corrected chi connectivity index (χ1v) is 3.50. The van der Waals surface area contributed by atoms with Crippen molar-refractivity contribution in [3.63, 3.8) is 0 Å². The quantitative estimate of drug-likeness (QED) is 0.354. The van der Waals surface area contributed by atoms with Gasteiger partial charge in [0.15, 0.2) is 0 Å². The third-order valence-electron chi connectivity index (χ3n) is 0.625. The molecule has 0 aromatic carbocycles. The topological polar surface area (TPSA) is 0 Å². The molecule has 0 nitrogen and oxygen atoms in total. The van der Waals surface area contributed by atoms with Gasteiger partial charge in [0.05, 0.1) is 0 Å². The van der Waals surface area contributed by atoms with Crippen molar-refractivity contribution in [2.75, 3.05) is 0 Å². The van der Waals surface area contributed by atoms with Crippen LogP contribution in [0, 0.1) is 72.1 Å². The largest absolute Gasteiger partial charge is 2.00 e. The molecule has 0 saturated carbocycles. The summed E-state index contributed by atoms with van der Waals surface area (Å²) >= 11 is 0. The smallest absolute Gasteiger partial charge is 0.358 e. The summed E-state index contributed by atoms with van der Waals surface area (Å²) in [6.45, 7) is 3.39. The van der Waals surface area contributed by atoms with Crippen molar-refractivity contribution in [2.24, 2.45) is 0 Å². The zero-order valence-electron chi connectivity index (χ0n) is 8.35. The molecule has 1 heteroatoms. The molecular weight excluding hydrogens is 269 g/mol. The minimum absolute atomic E-state index is 0. The van der Waals surface area contributed by atoms with E-state index in [2.05, 4.69) is 47.4 Å². The van der Waals surface area contributed by atoms with E-state index in [0.717, 1.165) is 0 Å². The van der Waals surface area contributed by atoms with Crippen LogP contribution in [0.25, 0.3) is 0 Å². The standard InChI is InChI=1S/2C7H3.Ru/c2*1-3-5-7-6-4-2;/h2*1H3;/q2*-1;+2. The first-order chi connectivity index (χ1) is 6.83. The van der Waals surface area contributed by atoms with Gasteiger partial charge in [0.25, 0.3) is 0 Å². The minimum Gasteiger partial charge on any atom is -0.358 e. The molecule has 0 spiro atoms. The average Bonchev–Trinajstić information content (AvgIpc) is 2.21. The molecule has 15 heavy (non-hydrogen) atoms. The molecular formula is C14H6Ru. The van der Waals surface area contributed by atoms with Crippen molar-refractivity contribution in [2.45, 2.75) is 13.8 Å². The second kappa shape index (κ2) is 22.7. The molecule has 0 radical (unpaired) electrons. The van der Waals surface area contributed by atoms with Gasteiger partial charge in [-0.05, 0) is 25.7 Å². The van der Waals surface area contributed by atoms with Gasteiger partial charge in [-0.2, -0.15) is 0 Å². The molecule has 0 aliphatic heterocycles. The molecule has 0 N–H and O–H groups in total. The Morgan fingerprint density at radius 3 is 1.13 bits per heavy atom. The zero-order valence-corrected chi connectivity index (χ0v) is 10.1. The second-order valence-electron chi connectivity index (χ2n) is 1.50. The number of hydrogen-bond donors (Lipinski definition) is 0. The van der Waals surface area contributed by atoms with E-state index in [9.17, 15) is 0 Å². The van der Waals surface area contributed by atoms with Crippen molar-refractivity contribution in [3.8, 4) is 59.2 Å². The van der Waals surface area contributed by atoms with Gasteiger partial charge in [0.2, 0.25) is 0 Å². The summed E-state index contributed by atoms with van der Waals surface area (Å²) in [7, 11) is 0. The van der Waals surface area contributed by atoms with Crippen LogP contribution < -0.4 is 0 Å². The molecule has 0 saturated heterocycles. The molecule has 0 unspecified atom stereocenters. The van der Waals surface area contributed by atoms with Crippen LogP contribution in [0.5, 0.6) is 0 Å². The normalized spacial score (nSPS) is 3.20. The van der Waals surface area contributed by atoms with Crippen LogP contribution in [0.3, 0.4) is 0 Å². The molecule has 0 fully saturated rings. The van der Waals surface area contributed by atoms with Crippen molar-refractivity contribution in [3.05, 3.63) is 12.8 Å². The summed E-state index contributed by atoms with van der Waals surface area (Å²) in [5.74, 6) is 23.0. The van der Waals surface area contributed by atoms with Crippen molar-refractivity contribution in [1.29, 1.82) is 0 Å². The predicted molar refractivity (Wildman–Crippen MR) is 56.7 cm³/mol. The van der Waals surface area contributed by atoms with Gasteiger partial charge in [0.1, 0.15) is 0 Å². The molecule has 0 aromatic heterocycles. The fourth-order valence-electron chi connectivity index (χ4n) is 0.250. The van der Waals surface area contributed by atoms with Crippen LogP contribution in [0.15, 0.2) is 0 Å². The molecule has 0 bridgehead atoms. The first-order valence-electron chi connectivity index (χ1n) is 3.50. The zero-order chi connectivity index (χ0) is 11.1. The van der Waals surface area contributed by atoms with E-state index in [-0.39, 0.29) is 19.5 Å². The maximum absolute atomic E-state index is 6.29. The minimum atomic E-state index is 0. The summed E-state index contributed by atoms with van der Waals surface area (Å²) in [6.07, 6.45) is 12.6. The Morgan fingerprint density at radius 1 is 0.600 bits per heavy atom. The first kappa shape index (κ1) is 18.7. The molecule has 0 aliphatic rings. The average molecular weight is 275 g/mol. The molecule has 0 heterocycles. The van der Waals surface area contributed by atoms with Crippen LogP contribution in [0.4, 0.5) is 0 Å². The van der Waals surface area contributed by atoms with E-state index in [0.29, 0.717) is 0 Å². The van der Waals surface area contributed by atoms with Gasteiger partial charge in [-0.15, -0.1) is 11.8 Å². The maximum atomic E-state index is 6.29. The Labute approximate surface area is 105 Å². The second-order valence-corrected chi connectivity index (χ2v) is 1.50. The summed E-state index contributed by atoms with van der Waals surface area (Å²) < 4.78 is 0. The third kappa shape index (κ3) is 33.4. The maximum Gasteiger partial charge on any atom is 2.00 e. The Morgan fingerprint density at radius 2 is 0.933 bits per heavy atom. The predicted octanol–water partition coefficient (Wildman–Crippen LogP) is 1.20. The van der Waals surface area contributed by atoms with Crippen LogP contribution in [0.1, 0.15) is 13.8 Å². The van der Waals surface area contributed by atoms with Crippen LogP contribution in [-0.2, 0) is 19.5 Å². The van der Waals surface area contributed by atoms with Crippen LogP contribution >= 0.6 is 0 Å². The fraction of sp³-hybridized carbons (Fsp3) is 0.143. The molecule has 0 atom stereocenters. The fourth-order valence-corrected chi connectivity index (χ4v) is 0.250. The number of rotatable bonds is 0. The van der Waals surface area contributed by atoms with Gasteiger partial charge in [-0.1, -0.05) is 11.8 Å². The molecule has 0 amide bonds. The van der Waals surface area contributed by atoms with Gasteiger partial charge in [-0.25, -0.2) is 11.8 Å². The molecule has 70 valence electrons. The summed E-state index contributed by atoms with van der Waals surface area (Å²) in [5.41, 5.74) is 0. The van der Waals surface area contributed by atoms with E-state index < -0.39 is 0 Å². The van der Waals surface area contributed by atoms with E-state index in [1.54, 1.807) is 13.8 Å². The monoisotopic (exact) mass is 276 g/mol. The van der Waals surface area contributed by atoms with Gasteiger partial charge < -0.3 is 12.8 Å².